The summed E-state index contributed by atoms with van der Waals surface area (Å²) in [5, 5.41) is 0.498. The summed E-state index contributed by atoms with van der Waals surface area (Å²) in [6.45, 7) is 3.71. The second-order valence-corrected chi connectivity index (χ2v) is 9.47. The highest BCUT2D eigenvalue weighted by Crippen LogP contribution is 2.58. The van der Waals surface area contributed by atoms with Gasteiger partial charge in [-0.05, 0) is 67.0 Å². The molecule has 1 saturated carbocycles. The van der Waals surface area contributed by atoms with E-state index in [1.165, 1.54) is 0 Å². The number of esters is 1. The molecule has 122 valence electrons. The number of carbonyl (C=O) groups excluding carboxylic acids is 1. The van der Waals surface area contributed by atoms with E-state index >= 15 is 0 Å². The van der Waals surface area contributed by atoms with Gasteiger partial charge in [-0.1, -0.05) is 40.3 Å². The third kappa shape index (κ3) is 4.18. The van der Waals surface area contributed by atoms with E-state index in [1.807, 2.05) is 19.9 Å². The molecule has 22 heavy (non-hydrogen) atoms. The topological polar surface area (TPSA) is 61.5 Å². The maximum Gasteiger partial charge on any atom is 0.316 e. The summed E-state index contributed by atoms with van der Waals surface area (Å²) >= 11 is 10.2. The van der Waals surface area contributed by atoms with Crippen LogP contribution in [0.15, 0.2) is 18.2 Å². The number of hydrogen-bond donors (Lipinski definition) is 1. The van der Waals surface area contributed by atoms with Gasteiger partial charge in [0, 0.05) is 0 Å². The molecule has 1 fully saturated rings. The fraction of sp³-hybridized carbons (Fsp3) is 0.533. The second-order valence-electron chi connectivity index (χ2n) is 5.85. The molecule has 1 aromatic carbocycles. The number of ether oxygens (including phenoxy) is 2. The summed E-state index contributed by atoms with van der Waals surface area (Å²) in [6, 6.07) is 5.37. The third-order valence-electron chi connectivity index (χ3n) is 3.58. The Balaban J connectivity index is 2.31. The van der Waals surface area contributed by atoms with E-state index in [9.17, 15) is 4.79 Å². The molecule has 0 amide bonds. The molecular formula is C15H18ClI2NO3. The van der Waals surface area contributed by atoms with Crippen LogP contribution in [0.4, 0.5) is 5.69 Å². The van der Waals surface area contributed by atoms with Crippen LogP contribution < -0.4 is 5.73 Å². The molecule has 1 aromatic rings. The minimum absolute atomic E-state index is 0.213. The van der Waals surface area contributed by atoms with Crippen molar-refractivity contribution in [3.8, 4) is 0 Å². The number of carbonyl (C=O) groups is 1. The van der Waals surface area contributed by atoms with E-state index in [0.717, 1.165) is 18.4 Å². The summed E-state index contributed by atoms with van der Waals surface area (Å²) < 4.78 is 11.4. The first-order valence-electron chi connectivity index (χ1n) is 6.84. The average Bonchev–Trinajstić information content (AvgIpc) is 3.19. The Kier molecular flexibility index (Phi) is 5.88. The van der Waals surface area contributed by atoms with Gasteiger partial charge in [0.2, 0.25) is 0 Å². The number of hydrogen-bond acceptors (Lipinski definition) is 4. The summed E-state index contributed by atoms with van der Waals surface area (Å²) in [7, 11) is 0. The van der Waals surface area contributed by atoms with Crippen LogP contribution >= 0.6 is 56.8 Å². The maximum atomic E-state index is 12.6. The van der Waals surface area contributed by atoms with E-state index in [0.29, 0.717) is 15.3 Å². The predicted octanol–water partition coefficient (Wildman–Crippen LogP) is 4.87. The molecule has 1 aliphatic carbocycles. The fourth-order valence-electron chi connectivity index (χ4n) is 2.39. The van der Waals surface area contributed by atoms with Gasteiger partial charge in [0.25, 0.3) is 0 Å². The van der Waals surface area contributed by atoms with Gasteiger partial charge < -0.3 is 15.2 Å². The van der Waals surface area contributed by atoms with Gasteiger partial charge in [0.1, 0.15) is 0 Å². The quantitative estimate of drug-likeness (QED) is 0.238. The number of alkyl halides is 2. The lowest BCUT2D eigenvalue weighted by Gasteiger charge is -2.28. The average molecular weight is 550 g/mol. The summed E-state index contributed by atoms with van der Waals surface area (Å²) in [5.74, 6) is -0.213. The number of benzene rings is 1. The van der Waals surface area contributed by atoms with Crippen molar-refractivity contribution in [3.05, 3.63) is 28.8 Å². The number of nitrogens with two attached hydrogens (primary N) is 1. The Morgan fingerprint density at radius 1 is 1.50 bits per heavy atom. The van der Waals surface area contributed by atoms with Crippen molar-refractivity contribution < 1.29 is 14.3 Å². The molecule has 0 aromatic heterocycles. The van der Waals surface area contributed by atoms with Crippen molar-refractivity contribution in [2.45, 2.75) is 36.4 Å². The Morgan fingerprint density at radius 3 is 2.59 bits per heavy atom. The zero-order valence-electron chi connectivity index (χ0n) is 12.4. The molecule has 4 nitrogen and oxygen atoms in total. The first kappa shape index (κ1) is 18.5. The van der Waals surface area contributed by atoms with E-state index in [2.05, 4.69) is 45.2 Å². The smallest absolute Gasteiger partial charge is 0.316 e. The van der Waals surface area contributed by atoms with Crippen LogP contribution in [0.2, 0.25) is 5.02 Å². The highest BCUT2D eigenvalue weighted by atomic mass is 127. The van der Waals surface area contributed by atoms with Crippen molar-refractivity contribution in [1.82, 2.24) is 0 Å². The van der Waals surface area contributed by atoms with E-state index in [4.69, 9.17) is 26.8 Å². The molecule has 0 radical (unpaired) electrons. The van der Waals surface area contributed by atoms with Crippen LogP contribution in [0.5, 0.6) is 0 Å². The van der Waals surface area contributed by atoms with E-state index < -0.39 is 9.02 Å². The van der Waals surface area contributed by atoms with Crippen LogP contribution in [-0.4, -0.2) is 14.2 Å². The second kappa shape index (κ2) is 6.98. The molecule has 1 atom stereocenters. The van der Waals surface area contributed by atoms with Gasteiger partial charge >= 0.3 is 5.97 Å². The molecule has 0 bridgehead atoms. The summed E-state index contributed by atoms with van der Waals surface area (Å²) in [4.78, 5) is 12.6. The summed E-state index contributed by atoms with van der Waals surface area (Å²) in [5.41, 5.74) is 6.62. The molecule has 1 unspecified atom stereocenters. The zero-order valence-corrected chi connectivity index (χ0v) is 17.4. The molecule has 1 aliphatic rings. The number of nitrogen functional groups attached to an aromatic ring is 1. The number of rotatable bonds is 6. The molecule has 0 saturated heterocycles. The Labute approximate surface area is 162 Å². The highest BCUT2D eigenvalue weighted by molar-refractivity contribution is 14.1. The SMILES string of the molecule is CC(C)(I)OC(=O)C1(C(OCI)c2ccc(Cl)c(N)c2)CC1. The molecule has 0 heterocycles. The van der Waals surface area contributed by atoms with Gasteiger partial charge in [-0.3, -0.25) is 4.79 Å². The van der Waals surface area contributed by atoms with Gasteiger partial charge in [0.05, 0.1) is 26.8 Å². The van der Waals surface area contributed by atoms with Crippen molar-refractivity contribution in [2.75, 3.05) is 10.3 Å². The minimum atomic E-state index is -0.617. The van der Waals surface area contributed by atoms with Crippen molar-refractivity contribution in [2.24, 2.45) is 5.41 Å². The first-order valence-corrected chi connectivity index (χ1v) is 9.83. The van der Waals surface area contributed by atoms with Crippen LogP contribution in [-0.2, 0) is 14.3 Å². The highest BCUT2D eigenvalue weighted by Gasteiger charge is 2.59. The molecule has 7 heteroatoms. The standard InChI is InChI=1S/C15H18ClI2NO3/c1-14(2,18)22-13(20)15(5-6-15)12(21-8-17)9-3-4-10(16)11(19)7-9/h3-4,7,12H,5-6,8,19H2,1-2H3. The van der Waals surface area contributed by atoms with Crippen LogP contribution in [0.25, 0.3) is 0 Å². The largest absolute Gasteiger partial charge is 0.448 e. The van der Waals surface area contributed by atoms with Gasteiger partial charge in [0.15, 0.2) is 3.61 Å². The predicted molar refractivity (Wildman–Crippen MR) is 104 cm³/mol. The number of anilines is 1. The summed E-state index contributed by atoms with van der Waals surface area (Å²) in [6.07, 6.45) is 1.14. The fourth-order valence-corrected chi connectivity index (χ4v) is 3.07. The lowest BCUT2D eigenvalue weighted by molar-refractivity contribution is -0.161. The zero-order chi connectivity index (χ0) is 16.5. The van der Waals surface area contributed by atoms with Gasteiger partial charge in [-0.25, -0.2) is 0 Å². The van der Waals surface area contributed by atoms with E-state index in [1.54, 1.807) is 12.1 Å². The first-order chi connectivity index (χ1) is 10.2. The maximum absolute atomic E-state index is 12.6. The monoisotopic (exact) mass is 549 g/mol. The van der Waals surface area contributed by atoms with Crippen molar-refractivity contribution in [1.29, 1.82) is 0 Å². The minimum Gasteiger partial charge on any atom is -0.448 e. The Hall–Kier alpha value is 0.200. The molecular weight excluding hydrogens is 531 g/mol. The molecule has 2 rings (SSSR count). The van der Waals surface area contributed by atoms with Crippen molar-refractivity contribution in [3.63, 3.8) is 0 Å². The number of halogens is 3. The van der Waals surface area contributed by atoms with Crippen LogP contribution in [0.1, 0.15) is 38.4 Å². The van der Waals surface area contributed by atoms with Crippen LogP contribution in [0, 0.1) is 5.41 Å². The lowest BCUT2D eigenvalue weighted by atomic mass is 9.92. The lowest BCUT2D eigenvalue weighted by Crippen LogP contribution is -2.32. The van der Waals surface area contributed by atoms with Crippen molar-refractivity contribution >= 4 is 68.4 Å². The molecule has 2 N–H and O–H groups in total. The Bertz CT molecular complexity index is 570. The molecule has 0 spiro atoms. The Morgan fingerprint density at radius 2 is 2.14 bits per heavy atom. The van der Waals surface area contributed by atoms with Crippen LogP contribution in [0.3, 0.4) is 0 Å². The van der Waals surface area contributed by atoms with E-state index in [-0.39, 0.29) is 12.1 Å². The third-order valence-corrected chi connectivity index (χ3v) is 4.51. The molecule has 0 aliphatic heterocycles. The normalized spacial score (nSPS) is 17.9. The van der Waals surface area contributed by atoms with Gasteiger partial charge in [-0.15, -0.1) is 0 Å². The van der Waals surface area contributed by atoms with Gasteiger partial charge in [-0.2, -0.15) is 0 Å².